The molecule has 100 valence electrons. The Morgan fingerprint density at radius 2 is 2.11 bits per heavy atom. The van der Waals surface area contributed by atoms with Crippen LogP contribution in [0.25, 0.3) is 0 Å². The summed E-state index contributed by atoms with van der Waals surface area (Å²) in [5, 5.41) is 4.43. The number of aromatic nitrogens is 2. The lowest BCUT2D eigenvalue weighted by molar-refractivity contribution is 0.0593. The zero-order valence-electron chi connectivity index (χ0n) is 10.8. The zero-order valence-corrected chi connectivity index (χ0v) is 11.6. The zero-order chi connectivity index (χ0) is 13.8. The van der Waals surface area contributed by atoms with Crippen LogP contribution in [0.15, 0.2) is 36.5 Å². The maximum atomic E-state index is 12.6. The van der Waals surface area contributed by atoms with Crippen molar-refractivity contribution in [2.45, 2.75) is 19.6 Å². The molecule has 0 fully saturated rings. The quantitative estimate of drug-likeness (QED) is 0.789. The van der Waals surface area contributed by atoms with Crippen molar-refractivity contribution in [3.05, 3.63) is 52.8 Å². The molecule has 0 bridgehead atoms. The van der Waals surface area contributed by atoms with E-state index in [2.05, 4.69) is 5.10 Å². The van der Waals surface area contributed by atoms with E-state index in [0.29, 0.717) is 17.3 Å². The molecular formula is C14H15ClN2O2. The number of carbonyl (C=O) groups excluding carboxylic acids is 1. The summed E-state index contributed by atoms with van der Waals surface area (Å²) < 4.78 is 6.91. The van der Waals surface area contributed by atoms with Gasteiger partial charge in [-0.1, -0.05) is 41.9 Å². The van der Waals surface area contributed by atoms with Crippen LogP contribution in [0, 0.1) is 0 Å². The third-order valence-corrected chi connectivity index (χ3v) is 3.18. The number of ketones is 1. The van der Waals surface area contributed by atoms with Gasteiger partial charge in [0, 0.05) is 13.7 Å². The predicted octanol–water partition coefficient (Wildman–Crippen LogP) is 3.13. The lowest BCUT2D eigenvalue weighted by Crippen LogP contribution is -2.19. The Morgan fingerprint density at radius 3 is 2.68 bits per heavy atom. The largest absolute Gasteiger partial charge is 0.368 e. The molecule has 4 nitrogen and oxygen atoms in total. The second-order valence-electron chi connectivity index (χ2n) is 4.05. The molecule has 1 heterocycles. The van der Waals surface area contributed by atoms with Crippen LogP contribution in [0.1, 0.15) is 29.1 Å². The first kappa shape index (κ1) is 13.8. The van der Waals surface area contributed by atoms with Crippen molar-refractivity contribution in [1.82, 2.24) is 9.78 Å². The number of methoxy groups -OCH3 is 1. The van der Waals surface area contributed by atoms with Gasteiger partial charge in [-0.05, 0) is 12.5 Å². The highest BCUT2D eigenvalue weighted by Crippen LogP contribution is 2.25. The molecule has 0 N–H and O–H groups in total. The molecule has 0 aliphatic heterocycles. The number of rotatable bonds is 5. The predicted molar refractivity (Wildman–Crippen MR) is 73.4 cm³/mol. The minimum atomic E-state index is -0.666. The third-order valence-electron chi connectivity index (χ3n) is 2.90. The summed E-state index contributed by atoms with van der Waals surface area (Å²) in [6.45, 7) is 2.49. The number of hydrogen-bond donors (Lipinski definition) is 0. The van der Waals surface area contributed by atoms with Gasteiger partial charge in [-0.25, -0.2) is 0 Å². The first-order valence-electron chi connectivity index (χ1n) is 6.02. The van der Waals surface area contributed by atoms with Gasteiger partial charge in [0.1, 0.15) is 11.8 Å². The number of nitrogens with zero attached hydrogens (tertiary/aromatic N) is 2. The fourth-order valence-electron chi connectivity index (χ4n) is 1.99. The summed E-state index contributed by atoms with van der Waals surface area (Å²) in [7, 11) is 1.51. The fourth-order valence-corrected chi connectivity index (χ4v) is 2.23. The van der Waals surface area contributed by atoms with E-state index in [1.165, 1.54) is 13.3 Å². The molecular weight excluding hydrogens is 264 g/mol. The van der Waals surface area contributed by atoms with Gasteiger partial charge in [0.05, 0.1) is 11.2 Å². The van der Waals surface area contributed by atoms with Gasteiger partial charge in [-0.2, -0.15) is 5.10 Å². The van der Waals surface area contributed by atoms with Crippen molar-refractivity contribution in [3.8, 4) is 0 Å². The lowest BCUT2D eigenvalue weighted by atomic mass is 10.0. The second kappa shape index (κ2) is 5.99. The van der Waals surface area contributed by atoms with Gasteiger partial charge in [-0.15, -0.1) is 0 Å². The summed E-state index contributed by atoms with van der Waals surface area (Å²) in [5.41, 5.74) is 1.19. The van der Waals surface area contributed by atoms with Crippen LogP contribution in [-0.2, 0) is 11.3 Å². The van der Waals surface area contributed by atoms with Gasteiger partial charge >= 0.3 is 0 Å². The Labute approximate surface area is 116 Å². The molecule has 2 aromatic rings. The minimum absolute atomic E-state index is 0.182. The first-order chi connectivity index (χ1) is 9.19. The normalized spacial score (nSPS) is 12.4. The molecule has 5 heteroatoms. The Balaban J connectivity index is 2.39. The van der Waals surface area contributed by atoms with Crippen molar-refractivity contribution >= 4 is 17.4 Å². The maximum absolute atomic E-state index is 12.6. The van der Waals surface area contributed by atoms with E-state index < -0.39 is 6.10 Å². The topological polar surface area (TPSA) is 44.1 Å². The van der Waals surface area contributed by atoms with Gasteiger partial charge in [0.2, 0.25) is 5.78 Å². The van der Waals surface area contributed by atoms with Gasteiger partial charge < -0.3 is 4.74 Å². The lowest BCUT2D eigenvalue weighted by Gasteiger charge is -2.15. The molecule has 1 aromatic heterocycles. The van der Waals surface area contributed by atoms with Crippen LogP contribution < -0.4 is 0 Å². The number of benzene rings is 1. The third kappa shape index (κ3) is 2.69. The van der Waals surface area contributed by atoms with Crippen molar-refractivity contribution in [2.75, 3.05) is 7.11 Å². The van der Waals surface area contributed by atoms with Crippen molar-refractivity contribution in [2.24, 2.45) is 0 Å². The molecule has 1 atom stereocenters. The molecule has 0 radical (unpaired) electrons. The molecule has 0 amide bonds. The first-order valence-corrected chi connectivity index (χ1v) is 6.40. The monoisotopic (exact) mass is 278 g/mol. The van der Waals surface area contributed by atoms with E-state index in [4.69, 9.17) is 16.3 Å². The Kier molecular flexibility index (Phi) is 4.35. The molecule has 1 aromatic carbocycles. The second-order valence-corrected chi connectivity index (χ2v) is 4.45. The SMILES string of the molecule is CCn1ncc(Cl)c1C(=O)C(OC)c1ccccc1. The van der Waals surface area contributed by atoms with E-state index in [1.54, 1.807) is 4.68 Å². The van der Waals surface area contributed by atoms with E-state index in [0.717, 1.165) is 5.56 Å². The van der Waals surface area contributed by atoms with Crippen molar-refractivity contribution in [1.29, 1.82) is 0 Å². The van der Waals surface area contributed by atoms with Crippen LogP contribution in [0.2, 0.25) is 5.02 Å². The summed E-state index contributed by atoms with van der Waals surface area (Å²) in [6.07, 6.45) is 0.816. The molecule has 0 spiro atoms. The van der Waals surface area contributed by atoms with E-state index in [9.17, 15) is 4.79 Å². The average Bonchev–Trinajstić information content (AvgIpc) is 2.81. The highest BCUT2D eigenvalue weighted by molar-refractivity contribution is 6.33. The van der Waals surface area contributed by atoms with Gasteiger partial charge in [0.25, 0.3) is 0 Å². The summed E-state index contributed by atoms with van der Waals surface area (Å²) in [6, 6.07) is 9.34. The molecule has 0 aliphatic rings. The van der Waals surface area contributed by atoms with E-state index >= 15 is 0 Å². The highest BCUT2D eigenvalue weighted by Gasteiger charge is 2.26. The Bertz CT molecular complexity index is 566. The molecule has 1 unspecified atom stereocenters. The number of hydrogen-bond acceptors (Lipinski definition) is 3. The van der Waals surface area contributed by atoms with Crippen LogP contribution in [0.5, 0.6) is 0 Å². The number of ether oxygens (including phenoxy) is 1. The van der Waals surface area contributed by atoms with Crippen LogP contribution in [0.4, 0.5) is 0 Å². The fraction of sp³-hybridized carbons (Fsp3) is 0.286. The highest BCUT2D eigenvalue weighted by atomic mass is 35.5. The molecule has 0 aliphatic carbocycles. The Hall–Kier alpha value is -1.65. The summed E-state index contributed by atoms with van der Waals surface area (Å²) >= 11 is 6.05. The minimum Gasteiger partial charge on any atom is -0.368 e. The smallest absolute Gasteiger partial charge is 0.215 e. The van der Waals surface area contributed by atoms with Gasteiger partial charge in [0.15, 0.2) is 0 Å². The van der Waals surface area contributed by atoms with Crippen LogP contribution >= 0.6 is 11.6 Å². The van der Waals surface area contributed by atoms with E-state index in [1.807, 2.05) is 37.3 Å². The molecule has 0 saturated heterocycles. The molecule has 2 rings (SSSR count). The number of carbonyl (C=O) groups is 1. The van der Waals surface area contributed by atoms with E-state index in [-0.39, 0.29) is 5.78 Å². The maximum Gasteiger partial charge on any atom is 0.215 e. The van der Waals surface area contributed by atoms with Crippen molar-refractivity contribution in [3.63, 3.8) is 0 Å². The number of halogens is 1. The number of aryl methyl sites for hydroxylation is 1. The van der Waals surface area contributed by atoms with Crippen LogP contribution in [0.3, 0.4) is 0 Å². The summed E-state index contributed by atoms with van der Waals surface area (Å²) in [5.74, 6) is -0.182. The standard InChI is InChI=1S/C14H15ClN2O2/c1-3-17-12(11(15)9-16-17)13(18)14(19-2)10-7-5-4-6-8-10/h4-9,14H,3H2,1-2H3. The molecule has 19 heavy (non-hydrogen) atoms. The number of Topliss-reactive ketones (excluding diaryl/α,β-unsaturated/α-hetero) is 1. The Morgan fingerprint density at radius 1 is 1.42 bits per heavy atom. The van der Waals surface area contributed by atoms with Gasteiger partial charge in [-0.3, -0.25) is 9.48 Å². The molecule has 0 saturated carbocycles. The summed E-state index contributed by atoms with van der Waals surface area (Å²) in [4.78, 5) is 12.6. The average molecular weight is 279 g/mol. The van der Waals surface area contributed by atoms with Crippen molar-refractivity contribution < 1.29 is 9.53 Å². The van der Waals surface area contributed by atoms with Crippen LogP contribution in [-0.4, -0.2) is 22.7 Å².